The Morgan fingerprint density at radius 2 is 0.880 bits per heavy atom. The van der Waals surface area contributed by atoms with Gasteiger partial charge in [-0.2, -0.15) is 0 Å². The van der Waals surface area contributed by atoms with Gasteiger partial charge in [0.05, 0.1) is 55.1 Å². The lowest BCUT2D eigenvalue weighted by atomic mass is 9.93. The Balaban J connectivity index is 0.699. The first-order valence-corrected chi connectivity index (χ1v) is 37.0. The van der Waals surface area contributed by atoms with Crippen LogP contribution in [-0.2, 0) is 46.7 Å². The first kappa shape index (κ1) is 78.2. The number of aromatic nitrogens is 8. The fourth-order valence-corrected chi connectivity index (χ4v) is 15.0. The number of carboxylic acids is 3. The van der Waals surface area contributed by atoms with Crippen molar-refractivity contribution in [1.82, 2.24) is 78.7 Å². The highest BCUT2D eigenvalue weighted by Crippen LogP contribution is 2.42. The van der Waals surface area contributed by atoms with E-state index in [0.29, 0.717) is 105 Å². The molecule has 1 atom stereocenters. The highest BCUT2D eigenvalue weighted by molar-refractivity contribution is 5.94. The summed E-state index contributed by atoms with van der Waals surface area (Å²) in [7, 11) is 0. The molecule has 11 rings (SSSR count). The quantitative estimate of drug-likeness (QED) is 0.0277. The van der Waals surface area contributed by atoms with Gasteiger partial charge in [0.1, 0.15) is 29.0 Å². The Kier molecular flexibility index (Phi) is 25.5. The van der Waals surface area contributed by atoms with E-state index >= 15 is 0 Å². The molecular formula is C76H98N16O16. The lowest BCUT2D eigenvalue weighted by Crippen LogP contribution is -2.52. The summed E-state index contributed by atoms with van der Waals surface area (Å²) in [5.41, 5.74) is 4.80. The number of carbonyl (C=O) groups is 7. The van der Waals surface area contributed by atoms with Crippen molar-refractivity contribution in [2.24, 2.45) is 11.8 Å². The number of nitrogens with zero attached hydrogens (tertiary/aromatic N) is 14. The standard InChI is InChI=1S/C76H98N16O16/c1-47(2)55-38-57(64(95)41-62(55)93)72-79-81-75(107)91(72)53-7-9-60-51(36-53)17-26-87(60)20-11-49-13-22-89(23-14-49)67(98)40-59(78-66(97)6-5-19-83-28-30-84(44-69(100)101)32-34-86(46-71(104)105)35-33-85(31-29-83)45-70(102)103)74(106)77-43-68(99)90-24-15-50(16-25-90)12-21-88-27-18-52-37-54(8-10-61(52)88)92-73(80-82-76(92)108)58-39-56(48(3)4)63(94)42-65(58)96/h7-10,17-18,26-27,36-39,41-42,47-50,59,93-96H,5-6,11-16,19-25,28-35,40,43-46H2,1-4H3,(H,77,106)(H,78,97)(H,81,107)(H,82,108)(H,100,101)(H,102,103)(H,104,105)/t59-/m0/s1. The van der Waals surface area contributed by atoms with Gasteiger partial charge < -0.3 is 80.4 Å². The molecular weight excluding hydrogens is 1390 g/mol. The van der Waals surface area contributed by atoms with Crippen molar-refractivity contribution in [2.75, 3.05) is 111 Å². The summed E-state index contributed by atoms with van der Waals surface area (Å²) in [6, 6.07) is 19.0. The molecule has 0 aliphatic carbocycles. The van der Waals surface area contributed by atoms with Crippen LogP contribution in [0.5, 0.6) is 35.0 Å². The van der Waals surface area contributed by atoms with Crippen molar-refractivity contribution < 1.29 is 79.5 Å². The normalized spacial score (nSPS) is 16.3. The monoisotopic (exact) mass is 1490 g/mol. The van der Waals surface area contributed by atoms with Crippen LogP contribution in [0.1, 0.15) is 108 Å². The van der Waals surface area contributed by atoms with E-state index in [2.05, 4.69) is 40.2 Å². The maximum atomic E-state index is 14.3. The van der Waals surface area contributed by atoms with Crippen LogP contribution in [0.4, 0.5) is 0 Å². The topological polar surface area (TPSA) is 416 Å². The van der Waals surface area contributed by atoms with Crippen LogP contribution in [0.15, 0.2) is 85.2 Å². The number of hydrogen-bond acceptors (Lipinski definition) is 21. The van der Waals surface area contributed by atoms with Gasteiger partial charge in [-0.05, 0) is 147 Å². The average molecular weight is 1490 g/mol. The van der Waals surface area contributed by atoms with Crippen LogP contribution in [0.3, 0.4) is 0 Å². The van der Waals surface area contributed by atoms with E-state index < -0.39 is 35.8 Å². The first-order chi connectivity index (χ1) is 51.7. The largest absolute Gasteiger partial charge is 0.508 e. The Morgan fingerprint density at radius 3 is 1.29 bits per heavy atom. The van der Waals surface area contributed by atoms with E-state index in [0.717, 1.165) is 47.5 Å². The highest BCUT2D eigenvalue weighted by Gasteiger charge is 2.32. The predicted octanol–water partition coefficient (Wildman–Crippen LogP) is 5.78. The minimum absolute atomic E-state index is 0.0508. The number of fused-ring (bicyclic) bond motifs is 2. The second-order valence-corrected chi connectivity index (χ2v) is 29.2. The molecule has 3 aliphatic heterocycles. The Bertz CT molecular complexity index is 4520. The SMILES string of the molecule is CC(C)c1cc(-c2nnc(O)n2-c2ccc3c(ccn3CCC3CCN(C(=O)CNC(=O)[C@H](CC(=O)N4CCC(CCn5ccc6cc(-n7c(O)nnc7-c7cc(C(C)C)c(O)cc7O)ccc65)CC4)NC(=O)CCCN4CCN(CC(=O)O)CCN(CC(=O)O)CCN(CC(=O)O)CC4)CC3)c2)c(O)cc1O. The fourth-order valence-electron chi connectivity index (χ4n) is 15.0. The average Bonchev–Trinajstić information content (AvgIpc) is 1.59. The second-order valence-electron chi connectivity index (χ2n) is 29.2. The lowest BCUT2D eigenvalue weighted by molar-refractivity contribution is -0.140. The molecule has 4 aromatic heterocycles. The summed E-state index contributed by atoms with van der Waals surface area (Å²) in [6.07, 6.45) is 8.26. The predicted molar refractivity (Wildman–Crippen MR) is 398 cm³/mol. The number of aliphatic carboxylic acids is 3. The highest BCUT2D eigenvalue weighted by atomic mass is 16.4. The van der Waals surface area contributed by atoms with Gasteiger partial charge in [-0.3, -0.25) is 48.3 Å². The minimum atomic E-state index is -1.33. The number of benzene rings is 4. The minimum Gasteiger partial charge on any atom is -0.508 e. The maximum Gasteiger partial charge on any atom is 0.319 e. The number of carboxylic acid groups (broad SMARTS) is 3. The Morgan fingerprint density at radius 1 is 0.472 bits per heavy atom. The molecule has 108 heavy (non-hydrogen) atoms. The first-order valence-electron chi connectivity index (χ1n) is 37.0. The van der Waals surface area contributed by atoms with Gasteiger partial charge in [0.25, 0.3) is 0 Å². The van der Waals surface area contributed by atoms with Crippen molar-refractivity contribution in [3.05, 3.63) is 96.3 Å². The Hall–Kier alpha value is -10.8. The van der Waals surface area contributed by atoms with Crippen LogP contribution in [0, 0.1) is 11.8 Å². The van der Waals surface area contributed by atoms with E-state index in [9.17, 15) is 79.5 Å². The molecule has 0 unspecified atom stereocenters. The summed E-state index contributed by atoms with van der Waals surface area (Å²) in [6.45, 7) is 12.1. The van der Waals surface area contributed by atoms with Crippen molar-refractivity contribution in [3.8, 4) is 69.2 Å². The number of hydrogen-bond donors (Lipinski definition) is 11. The van der Waals surface area contributed by atoms with Crippen molar-refractivity contribution in [2.45, 2.75) is 116 Å². The summed E-state index contributed by atoms with van der Waals surface area (Å²) in [5.74, 6) is -4.76. The van der Waals surface area contributed by atoms with E-state index in [4.69, 9.17) is 0 Å². The van der Waals surface area contributed by atoms with Gasteiger partial charge in [-0.15, -0.1) is 10.2 Å². The number of phenolic OH excluding ortho intramolecular Hbond substituents is 4. The van der Waals surface area contributed by atoms with Gasteiger partial charge in [-0.25, -0.2) is 9.13 Å². The third-order valence-corrected chi connectivity index (χ3v) is 21.2. The molecule has 3 saturated heterocycles. The van der Waals surface area contributed by atoms with Crippen LogP contribution < -0.4 is 10.6 Å². The van der Waals surface area contributed by atoms with Gasteiger partial charge in [0.15, 0.2) is 11.6 Å². The summed E-state index contributed by atoms with van der Waals surface area (Å²) < 4.78 is 7.17. The fraction of sp³-hybridized carbons (Fsp3) is 0.487. The molecule has 4 aromatic carbocycles. The number of aromatic hydroxyl groups is 6. The van der Waals surface area contributed by atoms with Crippen molar-refractivity contribution >= 4 is 63.3 Å². The maximum absolute atomic E-state index is 14.3. The summed E-state index contributed by atoms with van der Waals surface area (Å²) in [4.78, 5) is 103. The summed E-state index contributed by atoms with van der Waals surface area (Å²) >= 11 is 0. The van der Waals surface area contributed by atoms with Crippen molar-refractivity contribution in [1.29, 1.82) is 0 Å². The molecule has 4 amide bonds. The molecule has 32 heteroatoms. The zero-order valence-corrected chi connectivity index (χ0v) is 61.4. The molecule has 32 nitrogen and oxygen atoms in total. The van der Waals surface area contributed by atoms with E-state index in [1.165, 1.54) is 21.3 Å². The smallest absolute Gasteiger partial charge is 0.319 e. The van der Waals surface area contributed by atoms with E-state index in [1.54, 1.807) is 36.6 Å². The molecule has 3 fully saturated rings. The van der Waals surface area contributed by atoms with Gasteiger partial charge in [-0.1, -0.05) is 37.9 Å². The van der Waals surface area contributed by atoms with Crippen LogP contribution in [0.2, 0.25) is 0 Å². The zero-order valence-electron chi connectivity index (χ0n) is 61.4. The van der Waals surface area contributed by atoms with Gasteiger partial charge >= 0.3 is 29.9 Å². The molecule has 3 aliphatic rings. The van der Waals surface area contributed by atoms with Crippen LogP contribution >= 0.6 is 0 Å². The number of likely N-dealkylation sites (tertiary alicyclic amines) is 2. The molecule has 0 bridgehead atoms. The number of phenols is 4. The summed E-state index contributed by atoms with van der Waals surface area (Å²) in [5, 5.41) is 117. The van der Waals surface area contributed by atoms with Gasteiger partial charge in [0, 0.05) is 144 Å². The molecule has 11 N–H and O–H groups in total. The molecule has 578 valence electrons. The number of piperidine rings is 2. The zero-order chi connectivity index (χ0) is 77.0. The Labute approximate surface area is 624 Å². The molecule has 0 radical (unpaired) electrons. The molecule has 0 spiro atoms. The van der Waals surface area contributed by atoms with Crippen LogP contribution in [-0.4, -0.2) is 273 Å². The molecule has 7 heterocycles. The van der Waals surface area contributed by atoms with E-state index in [-0.39, 0.29) is 167 Å². The number of amides is 4. The number of carbonyl (C=O) groups excluding carboxylic acids is 4. The second kappa shape index (κ2) is 35.3. The third kappa shape index (κ3) is 19.5. The van der Waals surface area contributed by atoms with E-state index in [1.807, 2.05) is 93.5 Å². The van der Waals surface area contributed by atoms with Crippen molar-refractivity contribution in [3.63, 3.8) is 0 Å². The molecule has 0 saturated carbocycles. The van der Waals surface area contributed by atoms with Crippen LogP contribution in [0.25, 0.3) is 56.0 Å². The third-order valence-electron chi connectivity index (χ3n) is 21.2. The molecule has 8 aromatic rings. The number of rotatable bonds is 28. The van der Waals surface area contributed by atoms with Gasteiger partial charge in [0.2, 0.25) is 23.6 Å². The number of aryl methyl sites for hydroxylation is 2. The number of nitrogens with one attached hydrogen (secondary N) is 2. The lowest BCUT2D eigenvalue weighted by Gasteiger charge is -2.33.